The summed E-state index contributed by atoms with van der Waals surface area (Å²) < 4.78 is 0. The van der Waals surface area contributed by atoms with E-state index in [1.807, 2.05) is 41.3 Å². The minimum absolute atomic E-state index is 0.0610. The third-order valence-corrected chi connectivity index (χ3v) is 4.30. The van der Waals surface area contributed by atoms with Gasteiger partial charge in [0.15, 0.2) is 0 Å². The number of benzene rings is 1. The Hall–Kier alpha value is -3.62. The summed E-state index contributed by atoms with van der Waals surface area (Å²) in [6.45, 7) is 4.43. The van der Waals surface area contributed by atoms with E-state index in [2.05, 4.69) is 25.2 Å². The molecule has 1 saturated heterocycles. The molecule has 1 amide bonds. The summed E-state index contributed by atoms with van der Waals surface area (Å²) in [5.41, 5.74) is 13.2. The lowest BCUT2D eigenvalue weighted by atomic mass is 10.3. The van der Waals surface area contributed by atoms with Crippen molar-refractivity contribution in [3.05, 3.63) is 48.7 Å². The highest BCUT2D eigenvalue weighted by molar-refractivity contribution is 6.01. The van der Waals surface area contributed by atoms with E-state index in [1.165, 1.54) is 0 Å². The monoisotopic (exact) mass is 380 g/mol. The molecule has 0 unspecified atom stereocenters. The quantitative estimate of drug-likeness (QED) is 0.541. The van der Waals surface area contributed by atoms with Crippen LogP contribution in [0.15, 0.2) is 58.6 Å². The standard InChI is InChI=1S/C19H24N8O/c1-14(28)26-9-11-27(12-10-26)17-13-16(7-8-22-17)24-19(21)25-18(20)23-15-5-3-2-4-6-15/h2-8,13H,9-12H2,1H3,(H5,20,21,22,23,24,25). The van der Waals surface area contributed by atoms with Crippen LogP contribution >= 0.6 is 0 Å². The van der Waals surface area contributed by atoms with Crippen molar-refractivity contribution in [3.8, 4) is 0 Å². The van der Waals surface area contributed by atoms with E-state index in [-0.39, 0.29) is 17.8 Å². The van der Waals surface area contributed by atoms with Crippen molar-refractivity contribution < 1.29 is 4.79 Å². The average Bonchev–Trinajstić information content (AvgIpc) is 2.69. The van der Waals surface area contributed by atoms with Crippen LogP contribution in [0.1, 0.15) is 6.92 Å². The van der Waals surface area contributed by atoms with Crippen molar-refractivity contribution in [2.75, 3.05) is 36.4 Å². The molecule has 9 nitrogen and oxygen atoms in total. The molecule has 3 rings (SSSR count). The average molecular weight is 380 g/mol. The number of anilines is 2. The predicted molar refractivity (Wildman–Crippen MR) is 112 cm³/mol. The lowest BCUT2D eigenvalue weighted by Gasteiger charge is -2.35. The number of hydrogen-bond donors (Lipinski definition) is 3. The zero-order valence-corrected chi connectivity index (χ0v) is 15.7. The molecule has 0 aliphatic carbocycles. The van der Waals surface area contributed by atoms with Gasteiger partial charge < -0.3 is 26.6 Å². The van der Waals surface area contributed by atoms with Gasteiger partial charge in [0.05, 0.1) is 5.69 Å². The number of rotatable bonds is 3. The molecule has 1 aromatic carbocycles. The van der Waals surface area contributed by atoms with Crippen LogP contribution in [0.3, 0.4) is 0 Å². The van der Waals surface area contributed by atoms with Gasteiger partial charge in [-0.05, 0) is 18.2 Å². The number of nitrogens with one attached hydrogen (secondary N) is 1. The molecule has 0 saturated carbocycles. The van der Waals surface area contributed by atoms with Crippen LogP contribution in [0, 0.1) is 0 Å². The molecule has 1 aromatic heterocycles. The van der Waals surface area contributed by atoms with Crippen molar-refractivity contribution >= 4 is 35.0 Å². The number of hydrogen-bond acceptors (Lipinski definition) is 4. The molecule has 0 bridgehead atoms. The lowest BCUT2D eigenvalue weighted by Crippen LogP contribution is -2.48. The third-order valence-electron chi connectivity index (χ3n) is 4.30. The molecule has 2 heterocycles. The molecule has 1 fully saturated rings. The Morgan fingerprint density at radius 3 is 2.50 bits per heavy atom. The first kappa shape index (κ1) is 19.2. The first-order valence-corrected chi connectivity index (χ1v) is 8.98. The zero-order valence-electron chi connectivity index (χ0n) is 15.7. The molecule has 2 aromatic rings. The van der Waals surface area contributed by atoms with E-state index in [1.54, 1.807) is 19.2 Å². The minimum Gasteiger partial charge on any atom is -0.369 e. The Morgan fingerprint density at radius 2 is 1.82 bits per heavy atom. The number of amides is 1. The molecular formula is C19H24N8O. The van der Waals surface area contributed by atoms with Gasteiger partial charge in [-0.3, -0.25) is 4.79 Å². The SMILES string of the molecule is CC(=O)N1CCN(c2cc(N/C(N)=N\C(N)=Nc3ccccc3)ccn2)CC1. The second-order valence-corrected chi connectivity index (χ2v) is 6.32. The number of aromatic nitrogens is 1. The van der Waals surface area contributed by atoms with Gasteiger partial charge >= 0.3 is 0 Å². The van der Waals surface area contributed by atoms with Crippen LogP contribution in [-0.4, -0.2) is 53.9 Å². The Bertz CT molecular complexity index is 873. The van der Waals surface area contributed by atoms with E-state index in [4.69, 9.17) is 11.5 Å². The summed E-state index contributed by atoms with van der Waals surface area (Å²) in [5, 5.41) is 3.00. The minimum atomic E-state index is 0.0610. The van der Waals surface area contributed by atoms with Crippen molar-refractivity contribution in [1.82, 2.24) is 9.88 Å². The number of piperazine rings is 1. The maximum absolute atomic E-state index is 11.5. The van der Waals surface area contributed by atoms with Crippen molar-refractivity contribution in [2.24, 2.45) is 21.5 Å². The molecule has 0 radical (unpaired) electrons. The number of carbonyl (C=O) groups excluding carboxylic acids is 1. The second kappa shape index (κ2) is 8.85. The molecule has 9 heteroatoms. The summed E-state index contributed by atoms with van der Waals surface area (Å²) in [4.78, 5) is 28.1. The van der Waals surface area contributed by atoms with Crippen LogP contribution in [0.5, 0.6) is 0 Å². The maximum atomic E-state index is 11.5. The Morgan fingerprint density at radius 1 is 1.11 bits per heavy atom. The van der Waals surface area contributed by atoms with Gasteiger partial charge in [-0.15, -0.1) is 0 Å². The van der Waals surface area contributed by atoms with Crippen molar-refractivity contribution in [3.63, 3.8) is 0 Å². The largest absolute Gasteiger partial charge is 0.369 e. The van der Waals surface area contributed by atoms with Gasteiger partial charge in [-0.2, -0.15) is 4.99 Å². The topological polar surface area (TPSA) is 125 Å². The second-order valence-electron chi connectivity index (χ2n) is 6.32. The van der Waals surface area contributed by atoms with E-state index in [9.17, 15) is 4.79 Å². The van der Waals surface area contributed by atoms with Crippen LogP contribution in [0.4, 0.5) is 17.2 Å². The van der Waals surface area contributed by atoms with Crippen molar-refractivity contribution in [2.45, 2.75) is 6.92 Å². The van der Waals surface area contributed by atoms with Gasteiger partial charge in [0.1, 0.15) is 5.82 Å². The molecule has 5 N–H and O–H groups in total. The highest BCUT2D eigenvalue weighted by Crippen LogP contribution is 2.18. The van der Waals surface area contributed by atoms with Gasteiger partial charge in [-0.1, -0.05) is 18.2 Å². The Balaban J connectivity index is 1.64. The molecule has 28 heavy (non-hydrogen) atoms. The number of nitrogens with two attached hydrogens (primary N) is 2. The molecular weight excluding hydrogens is 356 g/mol. The molecule has 1 aliphatic rings. The fourth-order valence-electron chi connectivity index (χ4n) is 2.88. The van der Waals surface area contributed by atoms with Crippen LogP contribution in [0.25, 0.3) is 0 Å². The Labute approximate surface area is 163 Å². The number of pyridine rings is 1. The van der Waals surface area contributed by atoms with Crippen molar-refractivity contribution in [1.29, 1.82) is 0 Å². The van der Waals surface area contributed by atoms with Crippen LogP contribution in [0.2, 0.25) is 0 Å². The van der Waals surface area contributed by atoms with E-state index < -0.39 is 0 Å². The summed E-state index contributed by atoms with van der Waals surface area (Å²) in [6.07, 6.45) is 1.70. The summed E-state index contributed by atoms with van der Waals surface area (Å²) >= 11 is 0. The first-order chi connectivity index (χ1) is 13.5. The number of carbonyl (C=O) groups is 1. The number of guanidine groups is 2. The van der Waals surface area contributed by atoms with Gasteiger partial charge in [0.25, 0.3) is 0 Å². The maximum Gasteiger partial charge on any atom is 0.223 e. The third kappa shape index (κ3) is 5.19. The first-order valence-electron chi connectivity index (χ1n) is 8.98. The molecule has 0 spiro atoms. The molecule has 146 valence electrons. The van der Waals surface area contributed by atoms with Gasteiger partial charge in [0.2, 0.25) is 17.8 Å². The summed E-state index contributed by atoms with van der Waals surface area (Å²) in [5.74, 6) is 1.11. The number of aliphatic imine (C=N–C) groups is 2. The molecule has 0 atom stereocenters. The summed E-state index contributed by atoms with van der Waals surface area (Å²) in [7, 11) is 0. The lowest BCUT2D eigenvalue weighted by molar-refractivity contribution is -0.129. The fraction of sp³-hybridized carbons (Fsp3) is 0.263. The van der Waals surface area contributed by atoms with E-state index >= 15 is 0 Å². The highest BCUT2D eigenvalue weighted by atomic mass is 16.2. The van der Waals surface area contributed by atoms with Crippen LogP contribution < -0.4 is 21.7 Å². The summed E-state index contributed by atoms with van der Waals surface area (Å²) in [6, 6.07) is 13.0. The Kier molecular flexibility index (Phi) is 6.05. The van der Waals surface area contributed by atoms with Gasteiger partial charge in [-0.25, -0.2) is 9.98 Å². The van der Waals surface area contributed by atoms with Crippen LogP contribution in [-0.2, 0) is 4.79 Å². The number of para-hydroxylation sites is 1. The number of nitrogens with zero attached hydrogens (tertiary/aromatic N) is 5. The van der Waals surface area contributed by atoms with Gasteiger partial charge in [0, 0.05) is 51.1 Å². The highest BCUT2D eigenvalue weighted by Gasteiger charge is 2.19. The normalized spacial score (nSPS) is 15.5. The predicted octanol–water partition coefficient (Wildman–Crippen LogP) is 1.12. The zero-order chi connectivity index (χ0) is 19.9. The fourth-order valence-corrected chi connectivity index (χ4v) is 2.88. The smallest absolute Gasteiger partial charge is 0.223 e. The van der Waals surface area contributed by atoms with E-state index in [0.29, 0.717) is 18.8 Å². The molecule has 1 aliphatic heterocycles. The van der Waals surface area contributed by atoms with E-state index in [0.717, 1.165) is 24.6 Å².